The molecule has 1 aromatic carbocycles. The van der Waals surface area contributed by atoms with Crippen molar-refractivity contribution in [3.8, 4) is 5.75 Å². The number of aryl methyl sites for hydroxylation is 1. The van der Waals surface area contributed by atoms with Crippen molar-refractivity contribution in [2.24, 2.45) is 0 Å². The minimum absolute atomic E-state index is 0.00667. The number of methoxy groups -OCH3 is 1. The van der Waals surface area contributed by atoms with E-state index < -0.39 is 11.9 Å². The molecule has 1 fully saturated rings. The first-order chi connectivity index (χ1) is 13.5. The largest absolute Gasteiger partial charge is 0.497 e. The van der Waals surface area contributed by atoms with Gasteiger partial charge in [0, 0.05) is 36.6 Å². The fourth-order valence-corrected chi connectivity index (χ4v) is 3.71. The van der Waals surface area contributed by atoms with Crippen molar-refractivity contribution < 1.29 is 18.7 Å². The number of amides is 2. The highest BCUT2D eigenvalue weighted by atomic mass is 32.1. The molecule has 0 saturated carbocycles. The Kier molecular flexibility index (Phi) is 6.58. The summed E-state index contributed by atoms with van der Waals surface area (Å²) in [4.78, 5) is 30.8. The smallest absolute Gasteiger partial charge is 0.237 e. The van der Waals surface area contributed by atoms with Crippen molar-refractivity contribution in [3.63, 3.8) is 0 Å². The van der Waals surface area contributed by atoms with Gasteiger partial charge in [-0.3, -0.25) is 14.5 Å². The van der Waals surface area contributed by atoms with Crippen LogP contribution in [0.3, 0.4) is 0 Å². The number of hydrogen-bond donors (Lipinski definition) is 2. The van der Waals surface area contributed by atoms with Gasteiger partial charge in [-0.05, 0) is 13.0 Å². The molecule has 0 unspecified atom stereocenters. The molecule has 9 heteroatoms. The van der Waals surface area contributed by atoms with Gasteiger partial charge in [-0.1, -0.05) is 6.07 Å². The number of ether oxygens (including phenoxy) is 1. The van der Waals surface area contributed by atoms with Crippen molar-refractivity contribution in [3.05, 3.63) is 45.7 Å². The second-order valence-electron chi connectivity index (χ2n) is 6.57. The summed E-state index contributed by atoms with van der Waals surface area (Å²) in [5.41, 5.74) is 1.25. The maximum atomic E-state index is 14.3. The number of piperazine rings is 1. The van der Waals surface area contributed by atoms with E-state index in [0.717, 1.165) is 10.7 Å². The summed E-state index contributed by atoms with van der Waals surface area (Å²) in [6.45, 7) is 3.48. The molecule has 3 rings (SSSR count). The second kappa shape index (κ2) is 9.11. The maximum absolute atomic E-state index is 14.3. The Morgan fingerprint density at radius 2 is 2.32 bits per heavy atom. The molecule has 7 nitrogen and oxygen atoms in total. The number of aromatic nitrogens is 1. The van der Waals surface area contributed by atoms with E-state index in [1.54, 1.807) is 12.1 Å². The van der Waals surface area contributed by atoms with Gasteiger partial charge in [0.25, 0.3) is 0 Å². The van der Waals surface area contributed by atoms with Crippen LogP contribution in [0.1, 0.15) is 22.7 Å². The van der Waals surface area contributed by atoms with Gasteiger partial charge in [0.15, 0.2) is 0 Å². The molecule has 0 aliphatic carbocycles. The molecule has 2 amide bonds. The van der Waals surface area contributed by atoms with Gasteiger partial charge in [0.05, 0.1) is 36.8 Å². The molecule has 1 atom stereocenters. The van der Waals surface area contributed by atoms with Crippen molar-refractivity contribution in [2.45, 2.75) is 32.5 Å². The summed E-state index contributed by atoms with van der Waals surface area (Å²) in [6, 6.07) is 3.99. The normalized spacial score (nSPS) is 17.2. The molecule has 2 aromatic rings. The second-order valence-corrected chi connectivity index (χ2v) is 7.64. The number of carbonyl (C=O) groups excluding carboxylic acids is 2. The number of nitrogens with zero attached hydrogens (tertiary/aromatic N) is 2. The molecular weight excluding hydrogens is 383 g/mol. The molecule has 2 N–H and O–H groups in total. The van der Waals surface area contributed by atoms with Crippen molar-refractivity contribution in [2.75, 3.05) is 20.2 Å². The van der Waals surface area contributed by atoms with Gasteiger partial charge in [-0.2, -0.15) is 0 Å². The summed E-state index contributed by atoms with van der Waals surface area (Å²) in [6.07, 6.45) is 0.00667. The number of halogens is 1. The molecule has 0 bridgehead atoms. The third-order valence-corrected chi connectivity index (χ3v) is 5.41. The summed E-state index contributed by atoms with van der Waals surface area (Å²) < 4.78 is 19.3. The molecule has 1 aliphatic rings. The fourth-order valence-electron chi connectivity index (χ4n) is 3.10. The fraction of sp³-hybridized carbons (Fsp3) is 0.421. The Bertz CT molecular complexity index is 857. The molecule has 2 heterocycles. The minimum Gasteiger partial charge on any atom is -0.497 e. The highest BCUT2D eigenvalue weighted by Gasteiger charge is 2.32. The lowest BCUT2D eigenvalue weighted by molar-refractivity contribution is -0.134. The summed E-state index contributed by atoms with van der Waals surface area (Å²) in [7, 11) is 1.48. The van der Waals surface area contributed by atoms with Gasteiger partial charge in [0.1, 0.15) is 11.6 Å². The van der Waals surface area contributed by atoms with E-state index in [1.807, 2.05) is 17.2 Å². The molecule has 1 saturated heterocycles. The third-order valence-electron chi connectivity index (χ3n) is 4.59. The lowest BCUT2D eigenvalue weighted by Gasteiger charge is -2.34. The van der Waals surface area contributed by atoms with Gasteiger partial charge < -0.3 is 15.4 Å². The Morgan fingerprint density at radius 1 is 1.50 bits per heavy atom. The highest BCUT2D eigenvalue weighted by Crippen LogP contribution is 2.20. The van der Waals surface area contributed by atoms with E-state index in [9.17, 15) is 14.0 Å². The summed E-state index contributed by atoms with van der Waals surface area (Å²) >= 11 is 1.52. The number of carbonyl (C=O) groups is 2. The van der Waals surface area contributed by atoms with E-state index in [-0.39, 0.29) is 24.8 Å². The first-order valence-electron chi connectivity index (χ1n) is 8.98. The summed E-state index contributed by atoms with van der Waals surface area (Å²) in [5.74, 6) is -0.425. The van der Waals surface area contributed by atoms with Crippen LogP contribution in [0.2, 0.25) is 0 Å². The van der Waals surface area contributed by atoms with Crippen LogP contribution in [-0.4, -0.2) is 47.9 Å². The molecule has 150 valence electrons. The van der Waals surface area contributed by atoms with Crippen LogP contribution in [0.4, 0.5) is 4.39 Å². The molecule has 0 spiro atoms. The van der Waals surface area contributed by atoms with Gasteiger partial charge >= 0.3 is 0 Å². The zero-order valence-electron chi connectivity index (χ0n) is 15.8. The van der Waals surface area contributed by atoms with Crippen molar-refractivity contribution >= 4 is 23.2 Å². The standard InChI is InChI=1S/C19H23FN4O3S/c1-12-23-14(11-28-12)9-22-18(25)8-17-19(26)21-5-6-24(17)10-13-3-4-15(27-2)7-16(13)20/h3-4,7,11,17H,5-6,8-10H2,1-2H3,(H,21,26)(H,22,25)/t17-/m1/s1. The van der Waals surface area contributed by atoms with Crippen LogP contribution in [-0.2, 0) is 22.7 Å². The van der Waals surface area contributed by atoms with Crippen LogP contribution >= 0.6 is 11.3 Å². The maximum Gasteiger partial charge on any atom is 0.237 e. The molecular formula is C19H23FN4O3S. The van der Waals surface area contributed by atoms with Gasteiger partial charge in [-0.15, -0.1) is 11.3 Å². The van der Waals surface area contributed by atoms with Crippen LogP contribution in [0, 0.1) is 12.7 Å². The monoisotopic (exact) mass is 406 g/mol. The Balaban J connectivity index is 1.63. The van der Waals surface area contributed by atoms with Crippen molar-refractivity contribution in [1.82, 2.24) is 20.5 Å². The lowest BCUT2D eigenvalue weighted by Crippen LogP contribution is -2.56. The topological polar surface area (TPSA) is 83.6 Å². The minimum atomic E-state index is -0.646. The zero-order chi connectivity index (χ0) is 20.1. The van der Waals surface area contributed by atoms with Gasteiger partial charge in [-0.25, -0.2) is 9.37 Å². The van der Waals surface area contributed by atoms with Crippen molar-refractivity contribution in [1.29, 1.82) is 0 Å². The quantitative estimate of drug-likeness (QED) is 0.730. The van der Waals surface area contributed by atoms with E-state index in [0.29, 0.717) is 30.9 Å². The summed E-state index contributed by atoms with van der Waals surface area (Å²) in [5, 5.41) is 8.40. The van der Waals surface area contributed by atoms with E-state index in [4.69, 9.17) is 4.74 Å². The highest BCUT2D eigenvalue weighted by molar-refractivity contribution is 7.09. The van der Waals surface area contributed by atoms with Crippen LogP contribution in [0.5, 0.6) is 5.75 Å². The number of thiazole rings is 1. The lowest BCUT2D eigenvalue weighted by atomic mass is 10.1. The Labute approximate surface area is 166 Å². The van der Waals surface area contributed by atoms with Crippen LogP contribution < -0.4 is 15.4 Å². The molecule has 0 radical (unpaired) electrons. The SMILES string of the molecule is COc1ccc(CN2CCNC(=O)[C@H]2CC(=O)NCc2csc(C)n2)c(F)c1. The Morgan fingerprint density at radius 3 is 3.00 bits per heavy atom. The first kappa shape index (κ1) is 20.2. The predicted octanol–water partition coefficient (Wildman–Crippen LogP) is 1.61. The first-order valence-corrected chi connectivity index (χ1v) is 9.86. The zero-order valence-corrected chi connectivity index (χ0v) is 16.6. The number of benzene rings is 1. The average Bonchev–Trinajstić information content (AvgIpc) is 3.09. The van der Waals surface area contributed by atoms with Crippen LogP contribution in [0.25, 0.3) is 0 Å². The van der Waals surface area contributed by atoms with E-state index >= 15 is 0 Å². The molecule has 28 heavy (non-hydrogen) atoms. The number of hydrogen-bond acceptors (Lipinski definition) is 6. The van der Waals surface area contributed by atoms with E-state index in [2.05, 4.69) is 15.6 Å². The van der Waals surface area contributed by atoms with Gasteiger partial charge in [0.2, 0.25) is 11.8 Å². The number of rotatable bonds is 7. The molecule has 1 aliphatic heterocycles. The predicted molar refractivity (Wildman–Crippen MR) is 103 cm³/mol. The third kappa shape index (κ3) is 5.05. The van der Waals surface area contributed by atoms with E-state index in [1.165, 1.54) is 24.5 Å². The number of nitrogens with one attached hydrogen (secondary N) is 2. The Hall–Kier alpha value is -2.52. The molecule has 1 aromatic heterocycles. The van der Waals surface area contributed by atoms with Crippen LogP contribution in [0.15, 0.2) is 23.6 Å². The average molecular weight is 406 g/mol.